The molecular formula is C22H26N6O3. The van der Waals surface area contributed by atoms with Gasteiger partial charge in [-0.1, -0.05) is 18.9 Å². The topological polar surface area (TPSA) is 102 Å². The van der Waals surface area contributed by atoms with Gasteiger partial charge in [0, 0.05) is 19.5 Å². The highest BCUT2D eigenvalue weighted by molar-refractivity contribution is 5.94. The molecule has 0 unspecified atom stereocenters. The average molecular weight is 422 g/mol. The van der Waals surface area contributed by atoms with Crippen molar-refractivity contribution < 1.29 is 14.3 Å². The smallest absolute Gasteiger partial charge is 0.224 e. The standard InChI is InChI=1S/C22H26N6O3/c1-23-19-12-18(25-15-7-4-8-17-21(15)31-10-9-30-17)27-22-16(13-24-28(19)22)26-20(29)11-14-5-2-3-6-14/h4,7-8,12-14,23H,2-3,5-6,9-11H2,1H3,(H,25,27)(H,26,29). The van der Waals surface area contributed by atoms with Crippen molar-refractivity contribution in [2.24, 2.45) is 5.92 Å². The van der Waals surface area contributed by atoms with E-state index in [4.69, 9.17) is 14.5 Å². The number of fused-ring (bicyclic) bond motifs is 2. The molecule has 1 aliphatic carbocycles. The molecule has 1 amide bonds. The summed E-state index contributed by atoms with van der Waals surface area (Å²) in [5, 5.41) is 13.9. The molecular weight excluding hydrogens is 396 g/mol. The molecule has 0 spiro atoms. The number of nitrogens with one attached hydrogen (secondary N) is 3. The first-order valence-corrected chi connectivity index (χ1v) is 10.7. The average Bonchev–Trinajstić information content (AvgIpc) is 3.44. The monoisotopic (exact) mass is 422 g/mol. The van der Waals surface area contributed by atoms with Gasteiger partial charge in [0.1, 0.15) is 30.5 Å². The second-order valence-corrected chi connectivity index (χ2v) is 7.93. The minimum absolute atomic E-state index is 0.00986. The van der Waals surface area contributed by atoms with Crippen LogP contribution in [0.4, 0.5) is 23.0 Å². The highest BCUT2D eigenvalue weighted by Crippen LogP contribution is 2.39. The molecule has 0 radical (unpaired) electrons. The van der Waals surface area contributed by atoms with Crippen molar-refractivity contribution in [1.29, 1.82) is 0 Å². The van der Waals surface area contributed by atoms with Gasteiger partial charge in [0.05, 0.1) is 11.9 Å². The third kappa shape index (κ3) is 3.95. The first-order chi connectivity index (χ1) is 15.2. The number of aromatic nitrogens is 3. The molecule has 0 atom stereocenters. The van der Waals surface area contributed by atoms with E-state index in [-0.39, 0.29) is 5.91 Å². The fourth-order valence-corrected chi connectivity index (χ4v) is 4.28. The van der Waals surface area contributed by atoms with E-state index in [1.54, 1.807) is 10.7 Å². The molecule has 0 saturated heterocycles. The van der Waals surface area contributed by atoms with Crippen molar-refractivity contribution in [3.63, 3.8) is 0 Å². The summed E-state index contributed by atoms with van der Waals surface area (Å²) in [5.41, 5.74) is 1.93. The number of hydrogen-bond acceptors (Lipinski definition) is 7. The van der Waals surface area contributed by atoms with Crippen molar-refractivity contribution in [2.75, 3.05) is 36.2 Å². The number of carbonyl (C=O) groups is 1. The van der Waals surface area contributed by atoms with Gasteiger partial charge < -0.3 is 25.4 Å². The minimum atomic E-state index is 0.00986. The van der Waals surface area contributed by atoms with Gasteiger partial charge in [0.25, 0.3) is 0 Å². The van der Waals surface area contributed by atoms with Gasteiger partial charge in [0.2, 0.25) is 5.91 Å². The second-order valence-electron chi connectivity index (χ2n) is 7.93. The lowest BCUT2D eigenvalue weighted by molar-refractivity contribution is -0.117. The maximum absolute atomic E-state index is 12.6. The molecule has 9 nitrogen and oxygen atoms in total. The molecule has 9 heteroatoms. The predicted molar refractivity (Wildman–Crippen MR) is 118 cm³/mol. The Morgan fingerprint density at radius 3 is 2.87 bits per heavy atom. The SMILES string of the molecule is CNc1cc(Nc2cccc3c2OCCO3)nc2c(NC(=O)CC3CCCC3)cnn12. The van der Waals surface area contributed by atoms with Gasteiger partial charge in [-0.25, -0.2) is 4.98 Å². The number of anilines is 4. The second kappa shape index (κ2) is 8.33. The van der Waals surface area contributed by atoms with Crippen LogP contribution in [0.3, 0.4) is 0 Å². The zero-order valence-electron chi connectivity index (χ0n) is 17.5. The molecule has 3 heterocycles. The third-order valence-corrected chi connectivity index (χ3v) is 5.78. The van der Waals surface area contributed by atoms with Gasteiger partial charge in [-0.15, -0.1) is 0 Å². The van der Waals surface area contributed by atoms with Crippen molar-refractivity contribution >= 4 is 34.6 Å². The summed E-state index contributed by atoms with van der Waals surface area (Å²) in [5.74, 6) is 3.20. The number of ether oxygens (including phenoxy) is 2. The number of hydrogen-bond donors (Lipinski definition) is 3. The molecule has 3 N–H and O–H groups in total. The normalized spacial score (nSPS) is 15.8. The van der Waals surface area contributed by atoms with Gasteiger partial charge in [-0.3, -0.25) is 4.79 Å². The summed E-state index contributed by atoms with van der Waals surface area (Å²) in [6.45, 7) is 1.03. The lowest BCUT2D eigenvalue weighted by atomic mass is 10.0. The fourth-order valence-electron chi connectivity index (χ4n) is 4.28. The molecule has 2 aliphatic rings. The number of benzene rings is 1. The molecule has 1 aromatic carbocycles. The van der Waals surface area contributed by atoms with Crippen LogP contribution in [0.15, 0.2) is 30.5 Å². The Morgan fingerprint density at radius 1 is 1.19 bits per heavy atom. The number of rotatable bonds is 6. The Labute approximate surface area is 180 Å². The van der Waals surface area contributed by atoms with E-state index in [0.717, 1.165) is 24.3 Å². The van der Waals surface area contributed by atoms with Crippen LogP contribution in [-0.4, -0.2) is 40.8 Å². The molecule has 5 rings (SSSR count). The number of carbonyl (C=O) groups excluding carboxylic acids is 1. The van der Waals surface area contributed by atoms with Gasteiger partial charge in [0.15, 0.2) is 17.1 Å². The van der Waals surface area contributed by atoms with E-state index in [9.17, 15) is 4.79 Å². The quantitative estimate of drug-likeness (QED) is 0.555. The van der Waals surface area contributed by atoms with Crippen LogP contribution in [0.5, 0.6) is 11.5 Å². The maximum Gasteiger partial charge on any atom is 0.224 e. The Hall–Kier alpha value is -3.49. The lowest BCUT2D eigenvalue weighted by Crippen LogP contribution is -2.16. The van der Waals surface area contributed by atoms with Gasteiger partial charge in [-0.2, -0.15) is 9.61 Å². The van der Waals surface area contributed by atoms with Gasteiger partial charge >= 0.3 is 0 Å². The first kappa shape index (κ1) is 19.5. The summed E-state index contributed by atoms with van der Waals surface area (Å²) in [6, 6.07) is 7.55. The van der Waals surface area contributed by atoms with Crippen molar-refractivity contribution in [3.05, 3.63) is 30.5 Å². The van der Waals surface area contributed by atoms with Crippen LogP contribution in [0.2, 0.25) is 0 Å². The molecule has 2 aromatic heterocycles. The van der Waals surface area contributed by atoms with Crippen LogP contribution >= 0.6 is 0 Å². The molecule has 1 fully saturated rings. The van der Waals surface area contributed by atoms with Crippen molar-refractivity contribution in [1.82, 2.24) is 14.6 Å². The maximum atomic E-state index is 12.6. The Balaban J connectivity index is 1.43. The molecule has 31 heavy (non-hydrogen) atoms. The van der Waals surface area contributed by atoms with Crippen LogP contribution in [0, 0.1) is 5.92 Å². The summed E-state index contributed by atoms with van der Waals surface area (Å²) >= 11 is 0. The van der Waals surface area contributed by atoms with Crippen LogP contribution in [0.1, 0.15) is 32.1 Å². The van der Waals surface area contributed by atoms with E-state index < -0.39 is 0 Å². The molecule has 1 saturated carbocycles. The zero-order valence-corrected chi connectivity index (χ0v) is 17.5. The highest BCUT2D eigenvalue weighted by Gasteiger charge is 2.21. The van der Waals surface area contributed by atoms with E-state index >= 15 is 0 Å². The largest absolute Gasteiger partial charge is 0.486 e. The van der Waals surface area contributed by atoms with Crippen molar-refractivity contribution in [3.8, 4) is 11.5 Å². The minimum Gasteiger partial charge on any atom is -0.486 e. The van der Waals surface area contributed by atoms with E-state index in [0.29, 0.717) is 54.2 Å². The zero-order chi connectivity index (χ0) is 21.2. The molecule has 162 valence electrons. The fraction of sp³-hybridized carbons (Fsp3) is 0.409. The van der Waals surface area contributed by atoms with Gasteiger partial charge in [-0.05, 0) is 30.9 Å². The van der Waals surface area contributed by atoms with E-state index in [1.807, 2.05) is 31.3 Å². The lowest BCUT2D eigenvalue weighted by Gasteiger charge is -2.21. The number of nitrogens with zero attached hydrogens (tertiary/aromatic N) is 3. The van der Waals surface area contributed by atoms with E-state index in [1.165, 1.54) is 12.8 Å². The number of amides is 1. The molecule has 3 aromatic rings. The Kier molecular flexibility index (Phi) is 5.23. The summed E-state index contributed by atoms with van der Waals surface area (Å²) in [7, 11) is 1.82. The van der Waals surface area contributed by atoms with Crippen LogP contribution < -0.4 is 25.4 Å². The van der Waals surface area contributed by atoms with Crippen molar-refractivity contribution in [2.45, 2.75) is 32.1 Å². The molecule has 1 aliphatic heterocycles. The van der Waals surface area contributed by atoms with Crippen LogP contribution in [0.25, 0.3) is 5.65 Å². The van der Waals surface area contributed by atoms with E-state index in [2.05, 4.69) is 21.0 Å². The summed E-state index contributed by atoms with van der Waals surface area (Å²) in [4.78, 5) is 17.3. The Morgan fingerprint density at radius 2 is 2.03 bits per heavy atom. The summed E-state index contributed by atoms with van der Waals surface area (Å²) < 4.78 is 13.1. The van der Waals surface area contributed by atoms with Crippen LogP contribution in [-0.2, 0) is 4.79 Å². The first-order valence-electron chi connectivity index (χ1n) is 10.7. The third-order valence-electron chi connectivity index (χ3n) is 5.78. The summed E-state index contributed by atoms with van der Waals surface area (Å²) in [6.07, 6.45) is 6.88. The number of para-hydroxylation sites is 1. The highest BCUT2D eigenvalue weighted by atomic mass is 16.6. The predicted octanol–water partition coefficient (Wildman–Crippen LogP) is 3.80. The Bertz CT molecular complexity index is 1110. The molecule has 0 bridgehead atoms.